The van der Waals surface area contributed by atoms with E-state index >= 15 is 0 Å². The summed E-state index contributed by atoms with van der Waals surface area (Å²) in [4.78, 5) is 27.0. The second-order valence-electron chi connectivity index (χ2n) is 6.06. The van der Waals surface area contributed by atoms with Crippen LogP contribution in [0.25, 0.3) is 0 Å². The van der Waals surface area contributed by atoms with Crippen LogP contribution in [0.15, 0.2) is 0 Å². The van der Waals surface area contributed by atoms with Crippen LogP contribution in [-0.2, 0) is 14.3 Å². The van der Waals surface area contributed by atoms with Gasteiger partial charge in [-0.25, -0.2) is 0 Å². The molecule has 0 spiro atoms. The summed E-state index contributed by atoms with van der Waals surface area (Å²) in [7, 11) is 1.91. The van der Waals surface area contributed by atoms with Gasteiger partial charge in [0, 0.05) is 46.1 Å². The predicted octanol–water partition coefficient (Wildman–Crippen LogP) is 1.41. The second-order valence-corrected chi connectivity index (χ2v) is 6.06. The number of esters is 1. The van der Waals surface area contributed by atoms with Gasteiger partial charge in [0.1, 0.15) is 6.10 Å². The van der Waals surface area contributed by atoms with E-state index in [1.165, 1.54) is 19.8 Å². The molecule has 2 rings (SSSR count). The molecule has 0 aromatic rings. The molecule has 1 amide bonds. The minimum atomic E-state index is -0.196. The molecule has 0 aromatic carbocycles. The number of amides is 1. The largest absolute Gasteiger partial charge is 0.461 e. The summed E-state index contributed by atoms with van der Waals surface area (Å²) in [6.45, 7) is 4.88. The summed E-state index contributed by atoms with van der Waals surface area (Å²) in [6.07, 6.45) is 5.57. The van der Waals surface area contributed by atoms with Crippen LogP contribution in [0.4, 0.5) is 0 Å². The number of ether oxygens (including phenoxy) is 1. The smallest absolute Gasteiger partial charge is 0.302 e. The van der Waals surface area contributed by atoms with Gasteiger partial charge >= 0.3 is 5.97 Å². The van der Waals surface area contributed by atoms with E-state index in [1.807, 2.05) is 11.9 Å². The number of rotatable bonds is 3. The molecule has 1 heterocycles. The number of hydrogen-bond donors (Lipinski definition) is 0. The zero-order chi connectivity index (χ0) is 14.7. The molecule has 0 N–H and O–H groups in total. The maximum atomic E-state index is 11.7. The Hall–Kier alpha value is -1.10. The third kappa shape index (κ3) is 3.51. The van der Waals surface area contributed by atoms with Gasteiger partial charge < -0.3 is 9.64 Å². The van der Waals surface area contributed by atoms with Gasteiger partial charge in [-0.05, 0) is 19.3 Å². The van der Waals surface area contributed by atoms with Gasteiger partial charge in [-0.15, -0.1) is 0 Å². The van der Waals surface area contributed by atoms with Crippen molar-refractivity contribution >= 4 is 11.9 Å². The van der Waals surface area contributed by atoms with E-state index in [4.69, 9.17) is 4.74 Å². The van der Waals surface area contributed by atoms with E-state index < -0.39 is 0 Å². The molecule has 2 aliphatic rings. The molecule has 5 nitrogen and oxygen atoms in total. The van der Waals surface area contributed by atoms with E-state index in [9.17, 15) is 9.59 Å². The maximum absolute atomic E-state index is 11.7. The molecule has 1 saturated heterocycles. The van der Waals surface area contributed by atoms with Crippen LogP contribution in [0.3, 0.4) is 0 Å². The van der Waals surface area contributed by atoms with E-state index in [1.54, 1.807) is 6.92 Å². The highest BCUT2D eigenvalue weighted by Crippen LogP contribution is 2.29. The fraction of sp³-hybridized carbons (Fsp3) is 0.867. The van der Waals surface area contributed by atoms with Gasteiger partial charge in [0.15, 0.2) is 0 Å². The van der Waals surface area contributed by atoms with Crippen LogP contribution in [0, 0.1) is 0 Å². The molecule has 0 aromatic heterocycles. The quantitative estimate of drug-likeness (QED) is 0.735. The average Bonchev–Trinajstić information content (AvgIpc) is 2.85. The number of likely N-dealkylation sites (N-methyl/N-ethyl adjacent to an activating group) is 1. The van der Waals surface area contributed by atoms with E-state index in [0.717, 1.165) is 32.4 Å². The van der Waals surface area contributed by atoms with Crippen molar-refractivity contribution in [1.82, 2.24) is 9.80 Å². The van der Waals surface area contributed by atoms with Crippen molar-refractivity contribution in [2.24, 2.45) is 0 Å². The number of carbonyl (C=O) groups excluding carboxylic acids is 2. The summed E-state index contributed by atoms with van der Waals surface area (Å²) in [5, 5.41) is 0. The Balaban J connectivity index is 1.98. The lowest BCUT2D eigenvalue weighted by atomic mass is 9.88. The molecule has 0 radical (unpaired) electrons. The predicted molar refractivity (Wildman–Crippen MR) is 76.2 cm³/mol. The van der Waals surface area contributed by atoms with Crippen LogP contribution >= 0.6 is 0 Å². The van der Waals surface area contributed by atoms with Crippen molar-refractivity contribution in [3.05, 3.63) is 0 Å². The molecule has 5 heteroatoms. The van der Waals surface area contributed by atoms with Crippen LogP contribution in [0.1, 0.15) is 46.0 Å². The molecule has 3 atom stereocenters. The molecule has 114 valence electrons. The van der Waals surface area contributed by atoms with E-state index in [-0.39, 0.29) is 18.0 Å². The van der Waals surface area contributed by atoms with Gasteiger partial charge in [-0.2, -0.15) is 0 Å². The Kier molecular flexibility index (Phi) is 5.02. The molecule has 2 fully saturated rings. The van der Waals surface area contributed by atoms with Crippen molar-refractivity contribution in [3.8, 4) is 0 Å². The highest BCUT2D eigenvalue weighted by atomic mass is 16.5. The Bertz CT molecular complexity index is 372. The highest BCUT2D eigenvalue weighted by Gasteiger charge is 2.37. The molecule has 1 aliphatic heterocycles. The highest BCUT2D eigenvalue weighted by molar-refractivity contribution is 5.73. The monoisotopic (exact) mass is 282 g/mol. The normalized spacial score (nSPS) is 31.1. The molecular weight excluding hydrogens is 256 g/mol. The summed E-state index contributed by atoms with van der Waals surface area (Å²) in [6, 6.07) is 0.718. The van der Waals surface area contributed by atoms with Crippen LogP contribution in [-0.4, -0.2) is 60.0 Å². The third-order valence-electron chi connectivity index (χ3n) is 4.67. The number of likely N-dealkylation sites (tertiary alicyclic amines) is 1. The topological polar surface area (TPSA) is 49.9 Å². The minimum Gasteiger partial charge on any atom is -0.461 e. The summed E-state index contributed by atoms with van der Waals surface area (Å²) in [5.41, 5.74) is 0. The van der Waals surface area contributed by atoms with Gasteiger partial charge in [-0.3, -0.25) is 14.5 Å². The summed E-state index contributed by atoms with van der Waals surface area (Å²) < 4.78 is 5.31. The van der Waals surface area contributed by atoms with Gasteiger partial charge in [0.25, 0.3) is 0 Å². The van der Waals surface area contributed by atoms with Crippen LogP contribution < -0.4 is 0 Å². The SMILES string of the molecule is CC(=O)OC1CCN(C2CCCCC2N(C)C(C)=O)C1. The first-order valence-electron chi connectivity index (χ1n) is 7.63. The van der Waals surface area contributed by atoms with Crippen molar-refractivity contribution in [1.29, 1.82) is 0 Å². The van der Waals surface area contributed by atoms with Gasteiger partial charge in [0.2, 0.25) is 5.91 Å². The number of nitrogens with zero attached hydrogens (tertiary/aromatic N) is 2. The fourth-order valence-electron chi connectivity index (χ4n) is 3.59. The molecule has 3 unspecified atom stereocenters. The zero-order valence-corrected chi connectivity index (χ0v) is 12.8. The average molecular weight is 282 g/mol. The van der Waals surface area contributed by atoms with E-state index in [0.29, 0.717) is 12.1 Å². The number of hydrogen-bond acceptors (Lipinski definition) is 4. The van der Waals surface area contributed by atoms with Crippen molar-refractivity contribution in [2.75, 3.05) is 20.1 Å². The lowest BCUT2D eigenvalue weighted by Gasteiger charge is -2.42. The zero-order valence-electron chi connectivity index (χ0n) is 12.8. The number of carbonyl (C=O) groups is 2. The maximum Gasteiger partial charge on any atom is 0.302 e. The third-order valence-corrected chi connectivity index (χ3v) is 4.67. The lowest BCUT2D eigenvalue weighted by Crippen LogP contribution is -2.53. The fourth-order valence-corrected chi connectivity index (χ4v) is 3.59. The summed E-state index contributed by atoms with van der Waals surface area (Å²) in [5.74, 6) is -0.0597. The van der Waals surface area contributed by atoms with Gasteiger partial charge in [-0.1, -0.05) is 12.8 Å². The van der Waals surface area contributed by atoms with E-state index in [2.05, 4.69) is 4.90 Å². The molecule has 0 bridgehead atoms. The van der Waals surface area contributed by atoms with Crippen molar-refractivity contribution < 1.29 is 14.3 Å². The van der Waals surface area contributed by atoms with Crippen molar-refractivity contribution in [2.45, 2.75) is 64.1 Å². The Morgan fingerprint density at radius 1 is 1.15 bits per heavy atom. The second kappa shape index (κ2) is 6.57. The van der Waals surface area contributed by atoms with Crippen LogP contribution in [0.5, 0.6) is 0 Å². The first-order valence-corrected chi connectivity index (χ1v) is 7.63. The molecule has 20 heavy (non-hydrogen) atoms. The Morgan fingerprint density at radius 2 is 1.85 bits per heavy atom. The minimum absolute atomic E-state index is 0.0257. The molecule has 1 aliphatic carbocycles. The van der Waals surface area contributed by atoms with Crippen LogP contribution in [0.2, 0.25) is 0 Å². The molecular formula is C15H26N2O3. The Morgan fingerprint density at radius 3 is 2.50 bits per heavy atom. The Labute approximate surface area is 121 Å². The van der Waals surface area contributed by atoms with Crippen molar-refractivity contribution in [3.63, 3.8) is 0 Å². The standard InChI is InChI=1S/C15H26N2O3/c1-11(18)16(3)14-6-4-5-7-15(14)17-9-8-13(10-17)20-12(2)19/h13-15H,4-10H2,1-3H3. The summed E-state index contributed by atoms with van der Waals surface area (Å²) >= 11 is 0. The van der Waals surface area contributed by atoms with Gasteiger partial charge in [0.05, 0.1) is 0 Å². The molecule has 1 saturated carbocycles. The lowest BCUT2D eigenvalue weighted by molar-refractivity contribution is -0.145. The first kappa shape index (κ1) is 15.3. The first-order chi connectivity index (χ1) is 9.49.